The van der Waals surface area contributed by atoms with Gasteiger partial charge < -0.3 is 5.32 Å². The number of nitrogens with one attached hydrogen (secondary N) is 3. The van der Waals surface area contributed by atoms with Crippen molar-refractivity contribution in [2.24, 2.45) is 0 Å². The predicted octanol–water partition coefficient (Wildman–Crippen LogP) is 1.94. The lowest BCUT2D eigenvalue weighted by Crippen LogP contribution is -2.58. The van der Waals surface area contributed by atoms with Gasteiger partial charge in [-0.25, -0.2) is 4.39 Å². The smallest absolute Gasteiger partial charge is 0.249 e. The SMILES string of the molecule is CNC(=S)NNC(=O)C1(c2cccc(Br)c2)CC(F)C1. The molecule has 108 valence electrons. The zero-order valence-electron chi connectivity index (χ0n) is 10.9. The minimum atomic E-state index is -0.948. The Hall–Kier alpha value is -1.21. The van der Waals surface area contributed by atoms with Crippen LogP contribution in [0.4, 0.5) is 4.39 Å². The standard InChI is InChI=1S/C13H15BrFN3OS/c1-16-12(20)18-17-11(19)13(6-10(15)7-13)8-3-2-4-9(14)5-8/h2-5,10H,6-7H2,1H3,(H,17,19)(H2,16,18,20). The van der Waals surface area contributed by atoms with Crippen LogP contribution in [-0.2, 0) is 10.2 Å². The third-order valence-electron chi connectivity index (χ3n) is 3.47. The molecule has 0 atom stereocenters. The van der Waals surface area contributed by atoms with E-state index in [1.807, 2.05) is 24.3 Å². The number of benzene rings is 1. The summed E-state index contributed by atoms with van der Waals surface area (Å²) < 4.78 is 14.2. The maximum absolute atomic E-state index is 13.4. The summed E-state index contributed by atoms with van der Waals surface area (Å²) in [5.74, 6) is -0.276. The van der Waals surface area contributed by atoms with E-state index >= 15 is 0 Å². The molecule has 0 aromatic heterocycles. The second-order valence-corrected chi connectivity index (χ2v) is 6.08. The third kappa shape index (κ3) is 2.93. The molecule has 0 saturated heterocycles. The number of carbonyl (C=O) groups is 1. The fourth-order valence-corrected chi connectivity index (χ4v) is 2.78. The van der Waals surface area contributed by atoms with Crippen LogP contribution in [0.2, 0.25) is 0 Å². The minimum Gasteiger partial charge on any atom is -0.364 e. The molecule has 0 aliphatic heterocycles. The molecule has 0 unspecified atom stereocenters. The summed E-state index contributed by atoms with van der Waals surface area (Å²) in [6.07, 6.45) is -0.581. The highest BCUT2D eigenvalue weighted by Gasteiger charge is 2.52. The quantitative estimate of drug-likeness (QED) is 0.558. The monoisotopic (exact) mass is 359 g/mol. The third-order valence-corrected chi connectivity index (χ3v) is 4.27. The van der Waals surface area contributed by atoms with Gasteiger partial charge in [-0.05, 0) is 42.8 Å². The van der Waals surface area contributed by atoms with Crippen LogP contribution >= 0.6 is 28.1 Å². The van der Waals surface area contributed by atoms with Crippen molar-refractivity contribution in [2.45, 2.75) is 24.4 Å². The van der Waals surface area contributed by atoms with Crippen LogP contribution < -0.4 is 16.2 Å². The van der Waals surface area contributed by atoms with Gasteiger partial charge in [0.05, 0.1) is 5.41 Å². The van der Waals surface area contributed by atoms with E-state index in [9.17, 15) is 9.18 Å². The maximum Gasteiger partial charge on any atom is 0.249 e. The van der Waals surface area contributed by atoms with Gasteiger partial charge in [-0.3, -0.25) is 15.6 Å². The molecule has 1 aliphatic rings. The van der Waals surface area contributed by atoms with Crippen LogP contribution in [0.1, 0.15) is 18.4 Å². The summed E-state index contributed by atoms with van der Waals surface area (Å²) in [6.45, 7) is 0. The first-order chi connectivity index (χ1) is 9.48. The van der Waals surface area contributed by atoms with Gasteiger partial charge in [0.1, 0.15) is 6.17 Å². The van der Waals surface area contributed by atoms with Gasteiger partial charge in [0, 0.05) is 11.5 Å². The van der Waals surface area contributed by atoms with Gasteiger partial charge in [-0.1, -0.05) is 28.1 Å². The number of carbonyl (C=O) groups excluding carboxylic acids is 1. The van der Waals surface area contributed by atoms with Crippen molar-refractivity contribution in [3.05, 3.63) is 34.3 Å². The molecule has 0 heterocycles. The van der Waals surface area contributed by atoms with E-state index in [0.717, 1.165) is 10.0 Å². The van der Waals surface area contributed by atoms with E-state index in [2.05, 4.69) is 32.1 Å². The molecule has 2 rings (SSSR count). The summed E-state index contributed by atoms with van der Waals surface area (Å²) in [4.78, 5) is 12.4. The van der Waals surface area contributed by atoms with Gasteiger partial charge >= 0.3 is 0 Å². The van der Waals surface area contributed by atoms with Crippen LogP contribution in [0.5, 0.6) is 0 Å². The number of hydrogen-bond acceptors (Lipinski definition) is 2. The van der Waals surface area contributed by atoms with E-state index < -0.39 is 11.6 Å². The van der Waals surface area contributed by atoms with Gasteiger partial charge in [0.15, 0.2) is 5.11 Å². The Labute approximate surface area is 130 Å². The molecule has 0 radical (unpaired) electrons. The second kappa shape index (κ2) is 6.05. The number of thiocarbonyl (C=S) groups is 1. The van der Waals surface area contributed by atoms with Crippen LogP contribution in [0, 0.1) is 0 Å². The molecule has 7 heteroatoms. The Morgan fingerprint density at radius 3 is 2.70 bits per heavy atom. The fraction of sp³-hybridized carbons (Fsp3) is 0.385. The number of hydrogen-bond donors (Lipinski definition) is 3. The molecule has 1 amide bonds. The minimum absolute atomic E-state index is 0.184. The lowest BCUT2D eigenvalue weighted by Gasteiger charge is -2.43. The Bertz CT molecular complexity index is 534. The van der Waals surface area contributed by atoms with Gasteiger partial charge in [-0.2, -0.15) is 0 Å². The molecular formula is C13H15BrFN3OS. The molecule has 1 aliphatic carbocycles. The van der Waals surface area contributed by atoms with E-state index in [-0.39, 0.29) is 18.7 Å². The van der Waals surface area contributed by atoms with Gasteiger partial charge in [-0.15, -0.1) is 0 Å². The Morgan fingerprint density at radius 2 is 2.15 bits per heavy atom. The number of hydrazine groups is 1. The van der Waals surface area contributed by atoms with Gasteiger partial charge in [0.2, 0.25) is 5.91 Å². The Morgan fingerprint density at radius 1 is 1.45 bits per heavy atom. The number of halogens is 2. The lowest BCUT2D eigenvalue weighted by atomic mass is 9.63. The van der Waals surface area contributed by atoms with Crippen molar-refractivity contribution in [3.8, 4) is 0 Å². The molecule has 1 saturated carbocycles. The normalized spacial score (nSPS) is 24.4. The largest absolute Gasteiger partial charge is 0.364 e. The molecule has 1 aromatic rings. The summed E-state index contributed by atoms with van der Waals surface area (Å²) in [5, 5.41) is 2.99. The van der Waals surface area contributed by atoms with E-state index in [4.69, 9.17) is 12.2 Å². The first kappa shape index (κ1) is 15.2. The topological polar surface area (TPSA) is 53.2 Å². The van der Waals surface area contributed by atoms with E-state index in [1.54, 1.807) is 7.05 Å². The maximum atomic E-state index is 13.4. The fourth-order valence-electron chi connectivity index (χ4n) is 2.33. The first-order valence-electron chi connectivity index (χ1n) is 6.16. The molecular weight excluding hydrogens is 345 g/mol. The average Bonchev–Trinajstić information content (AvgIpc) is 2.40. The van der Waals surface area contributed by atoms with Crippen LogP contribution in [0.25, 0.3) is 0 Å². The van der Waals surface area contributed by atoms with Crippen molar-refractivity contribution < 1.29 is 9.18 Å². The van der Waals surface area contributed by atoms with Crippen molar-refractivity contribution in [1.29, 1.82) is 0 Å². The van der Waals surface area contributed by atoms with Crippen LogP contribution in [0.15, 0.2) is 28.7 Å². The van der Waals surface area contributed by atoms with Gasteiger partial charge in [0.25, 0.3) is 0 Å². The summed E-state index contributed by atoms with van der Waals surface area (Å²) >= 11 is 8.27. The molecule has 1 fully saturated rings. The molecule has 4 nitrogen and oxygen atoms in total. The van der Waals surface area contributed by atoms with Crippen molar-refractivity contribution >= 4 is 39.2 Å². The summed E-state index contributed by atoms with van der Waals surface area (Å²) in [6, 6.07) is 7.40. The van der Waals surface area contributed by atoms with Crippen LogP contribution in [-0.4, -0.2) is 24.2 Å². The van der Waals surface area contributed by atoms with Crippen molar-refractivity contribution in [3.63, 3.8) is 0 Å². The Balaban J connectivity index is 2.18. The highest BCUT2D eigenvalue weighted by atomic mass is 79.9. The van der Waals surface area contributed by atoms with E-state index in [0.29, 0.717) is 5.11 Å². The molecule has 3 N–H and O–H groups in total. The highest BCUT2D eigenvalue weighted by molar-refractivity contribution is 9.10. The first-order valence-corrected chi connectivity index (χ1v) is 7.36. The molecule has 20 heavy (non-hydrogen) atoms. The number of rotatable bonds is 2. The predicted molar refractivity (Wildman–Crippen MR) is 82.9 cm³/mol. The molecule has 0 bridgehead atoms. The van der Waals surface area contributed by atoms with E-state index in [1.165, 1.54) is 0 Å². The lowest BCUT2D eigenvalue weighted by molar-refractivity contribution is -0.133. The molecule has 1 aromatic carbocycles. The average molecular weight is 360 g/mol. The van der Waals surface area contributed by atoms with Crippen molar-refractivity contribution in [1.82, 2.24) is 16.2 Å². The summed E-state index contributed by atoms with van der Waals surface area (Å²) in [7, 11) is 1.65. The molecule has 0 spiro atoms. The number of amides is 1. The summed E-state index contributed by atoms with van der Waals surface area (Å²) in [5.41, 5.74) is 5.10. The highest BCUT2D eigenvalue weighted by Crippen LogP contribution is 2.46. The zero-order valence-corrected chi connectivity index (χ0v) is 13.3. The van der Waals surface area contributed by atoms with Crippen molar-refractivity contribution in [2.75, 3.05) is 7.05 Å². The Kier molecular flexibility index (Phi) is 4.59. The second-order valence-electron chi connectivity index (χ2n) is 4.76. The number of alkyl halides is 1. The zero-order chi connectivity index (χ0) is 14.8. The van der Waals surface area contributed by atoms with Crippen LogP contribution in [0.3, 0.4) is 0 Å².